The summed E-state index contributed by atoms with van der Waals surface area (Å²) in [6.07, 6.45) is 6.05. The van der Waals surface area contributed by atoms with E-state index in [1.807, 2.05) is 24.1 Å². The van der Waals surface area contributed by atoms with Gasteiger partial charge in [0.25, 0.3) is 5.91 Å². The van der Waals surface area contributed by atoms with Gasteiger partial charge in [0.1, 0.15) is 17.8 Å². The second-order valence-electron chi connectivity index (χ2n) is 5.79. The first-order valence-corrected chi connectivity index (χ1v) is 8.00. The van der Waals surface area contributed by atoms with Gasteiger partial charge in [0.05, 0.1) is 0 Å². The summed E-state index contributed by atoms with van der Waals surface area (Å²) in [5.74, 6) is 1.02. The van der Waals surface area contributed by atoms with Crippen LogP contribution in [-0.4, -0.2) is 56.2 Å². The summed E-state index contributed by atoms with van der Waals surface area (Å²) in [5.41, 5.74) is 0.529. The minimum atomic E-state index is 0.0307. The molecule has 7 heteroatoms. The lowest BCUT2D eigenvalue weighted by Gasteiger charge is -2.32. The number of pyridine rings is 1. The average Bonchev–Trinajstić information content (AvgIpc) is 3.01. The summed E-state index contributed by atoms with van der Waals surface area (Å²) in [4.78, 5) is 22.6. The van der Waals surface area contributed by atoms with Crippen LogP contribution in [0, 0.1) is 0 Å². The lowest BCUT2D eigenvalue weighted by atomic mass is 10.0. The predicted molar refractivity (Wildman–Crippen MR) is 85.9 cm³/mol. The van der Waals surface area contributed by atoms with Gasteiger partial charge in [-0.25, -0.2) is 4.98 Å². The third-order valence-electron chi connectivity index (χ3n) is 4.25. The maximum Gasteiger partial charge on any atom is 0.272 e. The molecule has 1 N–H and O–H groups in total. The largest absolute Gasteiger partial charge is 0.337 e. The molecule has 0 atom stereocenters. The number of rotatable bonds is 5. The molecule has 2 aromatic rings. The van der Waals surface area contributed by atoms with E-state index in [0.717, 1.165) is 44.7 Å². The Morgan fingerprint density at radius 1 is 1.30 bits per heavy atom. The fourth-order valence-corrected chi connectivity index (χ4v) is 2.87. The van der Waals surface area contributed by atoms with Crippen molar-refractivity contribution in [1.29, 1.82) is 0 Å². The highest BCUT2D eigenvalue weighted by Gasteiger charge is 2.23. The van der Waals surface area contributed by atoms with Gasteiger partial charge in [-0.2, -0.15) is 5.10 Å². The van der Waals surface area contributed by atoms with Crippen LogP contribution in [0.3, 0.4) is 0 Å². The first-order valence-electron chi connectivity index (χ1n) is 8.00. The van der Waals surface area contributed by atoms with Crippen LogP contribution in [0.1, 0.15) is 29.2 Å². The Labute approximate surface area is 135 Å². The molecule has 0 radical (unpaired) electrons. The molecule has 1 fully saturated rings. The summed E-state index contributed by atoms with van der Waals surface area (Å²) < 4.78 is 1.80. The Kier molecular flexibility index (Phi) is 4.97. The number of hydrogen-bond acceptors (Lipinski definition) is 5. The molecule has 23 heavy (non-hydrogen) atoms. The fourth-order valence-electron chi connectivity index (χ4n) is 2.87. The maximum absolute atomic E-state index is 12.3. The van der Waals surface area contributed by atoms with Gasteiger partial charge in [0.15, 0.2) is 0 Å². The molecule has 0 aromatic carbocycles. The van der Waals surface area contributed by atoms with Crippen LogP contribution in [0.15, 0.2) is 30.7 Å². The Balaban J connectivity index is 1.42. The van der Waals surface area contributed by atoms with E-state index < -0.39 is 0 Å². The minimum Gasteiger partial charge on any atom is -0.337 e. The van der Waals surface area contributed by atoms with Crippen LogP contribution < -0.4 is 5.32 Å². The van der Waals surface area contributed by atoms with Gasteiger partial charge < -0.3 is 10.2 Å². The highest BCUT2D eigenvalue weighted by molar-refractivity contribution is 5.92. The summed E-state index contributed by atoms with van der Waals surface area (Å²) in [7, 11) is 1.91. The molecular weight excluding hydrogens is 292 g/mol. The van der Waals surface area contributed by atoms with Gasteiger partial charge in [0, 0.05) is 45.3 Å². The predicted octanol–water partition coefficient (Wildman–Crippen LogP) is 0.647. The molecule has 1 saturated heterocycles. The van der Waals surface area contributed by atoms with Crippen molar-refractivity contribution in [2.75, 3.05) is 19.6 Å². The summed E-state index contributed by atoms with van der Waals surface area (Å²) in [6, 6.07) is 5.90. The highest BCUT2D eigenvalue weighted by atomic mass is 16.2. The van der Waals surface area contributed by atoms with Crippen LogP contribution in [-0.2, 0) is 13.5 Å². The Hall–Kier alpha value is -2.28. The number of likely N-dealkylation sites (tertiary alicyclic amines) is 1. The van der Waals surface area contributed by atoms with Crippen LogP contribution in [0.5, 0.6) is 0 Å². The molecular formula is C16H22N6O. The molecule has 7 nitrogen and oxygen atoms in total. The van der Waals surface area contributed by atoms with E-state index in [0.29, 0.717) is 11.7 Å². The zero-order chi connectivity index (χ0) is 16.1. The smallest absolute Gasteiger partial charge is 0.272 e. The molecule has 1 amide bonds. The monoisotopic (exact) mass is 314 g/mol. The van der Waals surface area contributed by atoms with Gasteiger partial charge in [-0.1, -0.05) is 6.07 Å². The zero-order valence-corrected chi connectivity index (χ0v) is 13.4. The van der Waals surface area contributed by atoms with Crippen molar-refractivity contribution in [3.05, 3.63) is 42.2 Å². The molecule has 3 rings (SSSR count). The van der Waals surface area contributed by atoms with Crippen molar-refractivity contribution in [2.45, 2.75) is 25.3 Å². The SMILES string of the molecule is Cn1ncnc1CCNC1CCN(C(=O)c2ccccn2)CC1. The number of aryl methyl sites for hydroxylation is 1. The Bertz CT molecular complexity index is 633. The third-order valence-corrected chi connectivity index (χ3v) is 4.25. The number of amides is 1. The van der Waals surface area contributed by atoms with Crippen LogP contribution in [0.2, 0.25) is 0 Å². The van der Waals surface area contributed by atoms with Crippen molar-refractivity contribution in [3.8, 4) is 0 Å². The quantitative estimate of drug-likeness (QED) is 0.877. The van der Waals surface area contributed by atoms with Crippen molar-refractivity contribution in [3.63, 3.8) is 0 Å². The van der Waals surface area contributed by atoms with Crippen LogP contribution >= 0.6 is 0 Å². The summed E-state index contributed by atoms with van der Waals surface area (Å²) >= 11 is 0. The lowest BCUT2D eigenvalue weighted by Crippen LogP contribution is -2.45. The maximum atomic E-state index is 12.3. The summed E-state index contributed by atoms with van der Waals surface area (Å²) in [5, 5.41) is 7.62. The van der Waals surface area contributed by atoms with Gasteiger partial charge in [-0.3, -0.25) is 14.5 Å². The van der Waals surface area contributed by atoms with Gasteiger partial charge in [-0.15, -0.1) is 0 Å². The van der Waals surface area contributed by atoms with Crippen molar-refractivity contribution in [1.82, 2.24) is 30.0 Å². The molecule has 0 bridgehead atoms. The van der Waals surface area contributed by atoms with E-state index in [1.54, 1.807) is 23.3 Å². The number of nitrogens with zero attached hydrogens (tertiary/aromatic N) is 5. The first-order chi connectivity index (χ1) is 11.2. The number of hydrogen-bond donors (Lipinski definition) is 1. The first kappa shape index (κ1) is 15.6. The lowest BCUT2D eigenvalue weighted by molar-refractivity contribution is 0.0699. The minimum absolute atomic E-state index is 0.0307. The Morgan fingerprint density at radius 3 is 2.78 bits per heavy atom. The molecule has 122 valence electrons. The number of aromatic nitrogens is 4. The average molecular weight is 314 g/mol. The normalized spacial score (nSPS) is 15.8. The van der Waals surface area contributed by atoms with E-state index in [2.05, 4.69) is 20.4 Å². The van der Waals surface area contributed by atoms with Gasteiger partial charge >= 0.3 is 0 Å². The van der Waals surface area contributed by atoms with Crippen molar-refractivity contribution >= 4 is 5.91 Å². The molecule has 0 saturated carbocycles. The number of piperidine rings is 1. The molecule has 0 aliphatic carbocycles. The standard InChI is InChI=1S/C16H22N6O/c1-21-15(19-12-20-21)5-9-17-13-6-10-22(11-7-13)16(23)14-4-2-3-8-18-14/h2-4,8,12-13,17H,5-7,9-11H2,1H3. The van der Waals surface area contributed by atoms with Gasteiger partial charge in [0.2, 0.25) is 0 Å². The zero-order valence-electron chi connectivity index (χ0n) is 13.4. The highest BCUT2D eigenvalue weighted by Crippen LogP contribution is 2.13. The van der Waals surface area contributed by atoms with Crippen LogP contribution in [0.25, 0.3) is 0 Å². The van der Waals surface area contributed by atoms with Crippen LogP contribution in [0.4, 0.5) is 0 Å². The van der Waals surface area contributed by atoms with E-state index >= 15 is 0 Å². The Morgan fingerprint density at radius 2 is 2.13 bits per heavy atom. The second kappa shape index (κ2) is 7.32. The molecule has 1 aliphatic heterocycles. The summed E-state index contributed by atoms with van der Waals surface area (Å²) in [6.45, 7) is 2.43. The molecule has 0 spiro atoms. The van der Waals surface area contributed by atoms with Gasteiger partial charge in [-0.05, 0) is 25.0 Å². The molecule has 2 aromatic heterocycles. The number of carbonyl (C=O) groups is 1. The number of carbonyl (C=O) groups excluding carboxylic acids is 1. The fraction of sp³-hybridized carbons (Fsp3) is 0.500. The topological polar surface area (TPSA) is 75.9 Å². The van der Waals surface area contributed by atoms with E-state index in [4.69, 9.17) is 0 Å². The second-order valence-corrected chi connectivity index (χ2v) is 5.79. The number of nitrogens with one attached hydrogen (secondary N) is 1. The molecule has 1 aliphatic rings. The van der Waals surface area contributed by atoms with E-state index in [1.165, 1.54) is 0 Å². The molecule has 0 unspecified atom stereocenters. The third kappa shape index (κ3) is 3.92. The van der Waals surface area contributed by atoms with Crippen molar-refractivity contribution < 1.29 is 4.79 Å². The van der Waals surface area contributed by atoms with E-state index in [9.17, 15) is 4.79 Å². The molecule has 3 heterocycles. The van der Waals surface area contributed by atoms with Crippen molar-refractivity contribution in [2.24, 2.45) is 7.05 Å². The van der Waals surface area contributed by atoms with E-state index in [-0.39, 0.29) is 5.91 Å².